The van der Waals surface area contributed by atoms with Gasteiger partial charge in [0.15, 0.2) is 23.4 Å². The molecule has 6 rings (SSSR count). The Balaban J connectivity index is 1.47. The van der Waals surface area contributed by atoms with Gasteiger partial charge in [-0.2, -0.15) is 0 Å². The third-order valence-electron chi connectivity index (χ3n) is 11.0. The van der Waals surface area contributed by atoms with E-state index in [9.17, 15) is 19.2 Å². The highest BCUT2D eigenvalue weighted by atomic mass is 16.7. The van der Waals surface area contributed by atoms with Gasteiger partial charge in [-0.05, 0) is 54.7 Å². The Labute approximate surface area is 239 Å². The van der Waals surface area contributed by atoms with Crippen LogP contribution in [0.3, 0.4) is 0 Å². The van der Waals surface area contributed by atoms with Crippen molar-refractivity contribution in [3.8, 4) is 11.5 Å². The number of ketones is 1. The minimum Gasteiger partial charge on any atom is -0.462 e. The predicted molar refractivity (Wildman–Crippen MR) is 142 cm³/mol. The van der Waals surface area contributed by atoms with Crippen molar-refractivity contribution in [2.75, 3.05) is 13.9 Å². The molecule has 1 saturated heterocycles. The minimum absolute atomic E-state index is 0.0174. The Hall–Kier alpha value is -3.14. The van der Waals surface area contributed by atoms with Crippen LogP contribution in [0.2, 0.25) is 0 Å². The SMILES string of the molecule is COC1C(C)C2CC(=O)OC3CC4C(C)CC(OC(C)=O)C(=O)C4(C)C(C1OC(=O)c1ccc4c(c1)OCO4)C32C. The molecule has 10 heteroatoms. The molecule has 3 saturated carbocycles. The molecule has 41 heavy (non-hydrogen) atoms. The number of hydrogen-bond donors (Lipinski definition) is 0. The molecule has 10 nitrogen and oxygen atoms in total. The van der Waals surface area contributed by atoms with E-state index in [0.717, 1.165) is 0 Å². The van der Waals surface area contributed by atoms with Gasteiger partial charge in [0.1, 0.15) is 12.2 Å². The molecule has 3 aliphatic carbocycles. The van der Waals surface area contributed by atoms with Gasteiger partial charge in [-0.1, -0.05) is 27.7 Å². The van der Waals surface area contributed by atoms with Crippen LogP contribution in [0.4, 0.5) is 0 Å². The number of carbonyl (C=O) groups excluding carboxylic acids is 4. The van der Waals surface area contributed by atoms with Crippen molar-refractivity contribution in [1.82, 2.24) is 0 Å². The maximum atomic E-state index is 14.5. The molecule has 4 fully saturated rings. The van der Waals surface area contributed by atoms with Crippen molar-refractivity contribution in [3.05, 3.63) is 23.8 Å². The first kappa shape index (κ1) is 28.0. The lowest BCUT2D eigenvalue weighted by atomic mass is 9.37. The molecule has 5 aliphatic rings. The number of fused-ring (bicyclic) bond motifs is 3. The number of Topliss-reactive ketones (excluding diaryl/α,β-unsaturated/α-hetero) is 1. The second kappa shape index (κ2) is 9.71. The fourth-order valence-electron chi connectivity index (χ4n) is 9.34. The summed E-state index contributed by atoms with van der Waals surface area (Å²) in [5, 5.41) is 0. The number of carbonyl (C=O) groups is 4. The number of methoxy groups -OCH3 is 1. The van der Waals surface area contributed by atoms with E-state index < -0.39 is 53.1 Å². The Morgan fingerprint density at radius 3 is 2.41 bits per heavy atom. The van der Waals surface area contributed by atoms with Crippen LogP contribution in [0.15, 0.2) is 18.2 Å². The van der Waals surface area contributed by atoms with Gasteiger partial charge in [0.2, 0.25) is 6.79 Å². The standard InChI is InChI=1S/C31H38O10/c1-14-9-22(39-16(3)32)28(34)31(5)18(14)11-23-30(4)19(12-24(33)40-23)15(2)25(36-6)26(27(30)31)41-29(35)17-7-8-20-21(10-17)38-13-37-20/h7-8,10,14-15,18-19,22-23,25-27H,9,11-13H2,1-6H3. The molecule has 0 aromatic heterocycles. The van der Waals surface area contributed by atoms with E-state index in [2.05, 4.69) is 6.92 Å². The van der Waals surface area contributed by atoms with Crippen LogP contribution in [-0.4, -0.2) is 62.0 Å². The zero-order chi connectivity index (χ0) is 29.4. The summed E-state index contributed by atoms with van der Waals surface area (Å²) >= 11 is 0. The van der Waals surface area contributed by atoms with Gasteiger partial charge >= 0.3 is 17.9 Å². The van der Waals surface area contributed by atoms with Crippen LogP contribution in [0.1, 0.15) is 64.2 Å². The molecule has 11 unspecified atom stereocenters. The number of ether oxygens (including phenoxy) is 6. The fourth-order valence-corrected chi connectivity index (χ4v) is 9.34. The third-order valence-corrected chi connectivity index (χ3v) is 11.0. The number of hydrogen-bond acceptors (Lipinski definition) is 10. The largest absolute Gasteiger partial charge is 0.462 e. The van der Waals surface area contributed by atoms with Crippen molar-refractivity contribution in [1.29, 1.82) is 0 Å². The average molecular weight is 571 g/mol. The van der Waals surface area contributed by atoms with Crippen LogP contribution < -0.4 is 9.47 Å². The van der Waals surface area contributed by atoms with Gasteiger partial charge < -0.3 is 28.4 Å². The number of rotatable bonds is 4. The molecule has 0 radical (unpaired) electrons. The molecule has 222 valence electrons. The molecule has 0 spiro atoms. The van der Waals surface area contributed by atoms with Crippen molar-refractivity contribution in [2.45, 2.75) is 78.3 Å². The lowest BCUT2D eigenvalue weighted by Crippen LogP contribution is -2.75. The smallest absolute Gasteiger partial charge is 0.338 e. The Morgan fingerprint density at radius 2 is 1.71 bits per heavy atom. The van der Waals surface area contributed by atoms with Crippen molar-refractivity contribution < 1.29 is 47.6 Å². The molecule has 1 aromatic carbocycles. The van der Waals surface area contributed by atoms with E-state index in [4.69, 9.17) is 28.4 Å². The van der Waals surface area contributed by atoms with Crippen LogP contribution in [0.5, 0.6) is 11.5 Å². The van der Waals surface area contributed by atoms with Crippen molar-refractivity contribution in [2.24, 2.45) is 40.4 Å². The van der Waals surface area contributed by atoms with E-state index in [1.165, 1.54) is 6.92 Å². The summed E-state index contributed by atoms with van der Waals surface area (Å²) in [6.45, 7) is 9.43. The normalized spacial score (nSPS) is 42.4. The van der Waals surface area contributed by atoms with E-state index in [1.807, 2.05) is 20.8 Å². The Bertz CT molecular complexity index is 1290. The summed E-state index contributed by atoms with van der Waals surface area (Å²) in [6, 6.07) is 4.87. The van der Waals surface area contributed by atoms with E-state index in [-0.39, 0.29) is 54.2 Å². The Morgan fingerprint density at radius 1 is 0.976 bits per heavy atom. The molecule has 0 N–H and O–H groups in total. The fraction of sp³-hybridized carbons (Fsp3) is 0.677. The summed E-state index contributed by atoms with van der Waals surface area (Å²) in [6.07, 6.45) is -1.70. The topological polar surface area (TPSA) is 124 Å². The van der Waals surface area contributed by atoms with Gasteiger partial charge in [0.05, 0.1) is 11.7 Å². The van der Waals surface area contributed by atoms with Crippen LogP contribution >= 0.6 is 0 Å². The van der Waals surface area contributed by atoms with Crippen molar-refractivity contribution in [3.63, 3.8) is 0 Å². The maximum absolute atomic E-state index is 14.5. The highest BCUT2D eigenvalue weighted by molar-refractivity contribution is 5.93. The predicted octanol–water partition coefficient (Wildman–Crippen LogP) is 3.73. The van der Waals surface area contributed by atoms with Crippen LogP contribution in [0.25, 0.3) is 0 Å². The summed E-state index contributed by atoms with van der Waals surface area (Å²) in [5.41, 5.74) is -1.45. The quantitative estimate of drug-likeness (QED) is 0.391. The van der Waals surface area contributed by atoms with Gasteiger partial charge in [-0.25, -0.2) is 4.79 Å². The second-order valence-corrected chi connectivity index (χ2v) is 12.9. The van der Waals surface area contributed by atoms with E-state index in [1.54, 1.807) is 25.3 Å². The van der Waals surface area contributed by atoms with Crippen molar-refractivity contribution >= 4 is 23.7 Å². The molecule has 1 aromatic rings. The zero-order valence-electron chi connectivity index (χ0n) is 24.3. The monoisotopic (exact) mass is 570 g/mol. The minimum atomic E-state index is -1.04. The van der Waals surface area contributed by atoms with Crippen LogP contribution in [-0.2, 0) is 33.3 Å². The summed E-state index contributed by atoms with van der Waals surface area (Å²) in [5.74, 6) is -1.63. The second-order valence-electron chi connectivity index (χ2n) is 12.9. The first-order valence-electron chi connectivity index (χ1n) is 14.5. The first-order chi connectivity index (χ1) is 19.4. The molecule has 11 atom stereocenters. The molecular formula is C31H38O10. The van der Waals surface area contributed by atoms with E-state index >= 15 is 0 Å². The Kier molecular flexibility index (Phi) is 6.63. The summed E-state index contributed by atoms with van der Waals surface area (Å²) < 4.78 is 34.9. The maximum Gasteiger partial charge on any atom is 0.338 e. The summed E-state index contributed by atoms with van der Waals surface area (Å²) in [7, 11) is 1.57. The summed E-state index contributed by atoms with van der Waals surface area (Å²) in [4.78, 5) is 53.1. The van der Waals surface area contributed by atoms with Gasteiger partial charge in [-0.15, -0.1) is 0 Å². The first-order valence-corrected chi connectivity index (χ1v) is 14.5. The lowest BCUT2D eigenvalue weighted by Gasteiger charge is -2.69. The van der Waals surface area contributed by atoms with Gasteiger partial charge in [0.25, 0.3) is 0 Å². The average Bonchev–Trinajstić information content (AvgIpc) is 3.38. The van der Waals surface area contributed by atoms with E-state index in [0.29, 0.717) is 24.3 Å². The lowest BCUT2D eigenvalue weighted by molar-refractivity contribution is -0.285. The molecule has 2 aliphatic heterocycles. The third kappa shape index (κ3) is 4.00. The van der Waals surface area contributed by atoms with Crippen LogP contribution in [0, 0.1) is 40.4 Å². The molecular weight excluding hydrogens is 532 g/mol. The zero-order valence-corrected chi connectivity index (χ0v) is 24.3. The van der Waals surface area contributed by atoms with Gasteiger partial charge in [-0.3, -0.25) is 14.4 Å². The number of benzene rings is 1. The number of esters is 3. The molecule has 2 heterocycles. The highest BCUT2D eigenvalue weighted by Gasteiger charge is 2.74. The van der Waals surface area contributed by atoms with Gasteiger partial charge in [0, 0.05) is 37.2 Å². The molecule has 0 amide bonds. The highest BCUT2D eigenvalue weighted by Crippen LogP contribution is 2.69. The molecule has 0 bridgehead atoms.